The summed E-state index contributed by atoms with van der Waals surface area (Å²) in [4.78, 5) is 0. The second kappa shape index (κ2) is 30.8. The van der Waals surface area contributed by atoms with Gasteiger partial charge in [-0.2, -0.15) is 13.2 Å². The van der Waals surface area contributed by atoms with Crippen LogP contribution in [0.3, 0.4) is 0 Å². The molecule has 0 radical (unpaired) electrons. The third-order valence-electron chi connectivity index (χ3n) is 21.3. The Morgan fingerprint density at radius 2 is 0.432 bits per heavy atom. The van der Waals surface area contributed by atoms with Crippen LogP contribution in [0.4, 0.5) is 13.2 Å². The molecule has 111 heavy (non-hydrogen) atoms. The third kappa shape index (κ3) is 14.3. The molecule has 0 aliphatic carbocycles. The van der Waals surface area contributed by atoms with E-state index < -0.39 is 11.7 Å². The first-order valence-corrected chi connectivity index (χ1v) is 37.4. The minimum atomic E-state index is -4.75. The standard InChI is InChI=1S/C106H75F3O2/c1-70-39-40-89(67-71(70)2)76-45-53-87(54-46-76)104-100(82-31-17-7-18-32-82)102(84-35-21-9-22-36-84)105(103(85-37-23-10-24-38-85)101(104)83-33-19-8-20-34-83)88-55-47-77(48-56-88)90-61-66-96(95(68-90)106(107,108)109)111-92-64-59-75(60-65-92)73-43-51-86(52-44-73)98-93(78-25-11-4-12-26-78)69-94(79-49-41-72(42-50-79)74-57-62-91(110-3)63-58-74)97(80-27-13-5-14-28-80)99(98)81-29-15-6-16-30-81/h4-69H,1-3H3. The lowest BCUT2D eigenvalue weighted by molar-refractivity contribution is -0.138. The van der Waals surface area contributed by atoms with Crippen molar-refractivity contribution in [1.82, 2.24) is 0 Å². The lowest BCUT2D eigenvalue weighted by atomic mass is 9.74. The average molecular weight is 1440 g/mol. The largest absolute Gasteiger partial charge is 0.497 e. The average Bonchev–Trinajstić information content (AvgIpc) is 0.716. The van der Waals surface area contributed by atoms with Crippen molar-refractivity contribution >= 4 is 0 Å². The quantitative estimate of drug-likeness (QED) is 0.0852. The van der Waals surface area contributed by atoms with Gasteiger partial charge in [0.1, 0.15) is 17.2 Å². The number of ether oxygens (including phenoxy) is 2. The van der Waals surface area contributed by atoms with Gasteiger partial charge >= 0.3 is 6.18 Å². The van der Waals surface area contributed by atoms with Crippen molar-refractivity contribution in [3.63, 3.8) is 0 Å². The predicted octanol–water partition coefficient (Wildman–Crippen LogP) is 30.1. The lowest BCUT2D eigenvalue weighted by Crippen LogP contribution is -2.07. The number of methoxy groups -OCH3 is 1. The molecule has 0 aliphatic heterocycles. The molecule has 0 saturated heterocycles. The first-order chi connectivity index (χ1) is 54.5. The fourth-order valence-electron chi connectivity index (χ4n) is 15.7. The first kappa shape index (κ1) is 70.1. The summed E-state index contributed by atoms with van der Waals surface area (Å²) in [6, 6.07) is 137. The summed E-state index contributed by atoms with van der Waals surface area (Å²) in [5.41, 5.74) is 32.1. The van der Waals surface area contributed by atoms with E-state index in [0.717, 1.165) is 162 Å². The topological polar surface area (TPSA) is 18.5 Å². The molecule has 2 nitrogen and oxygen atoms in total. The number of benzene rings is 17. The summed E-state index contributed by atoms with van der Waals surface area (Å²) in [6.07, 6.45) is -4.75. The highest BCUT2D eigenvalue weighted by molar-refractivity contribution is 6.15. The molecule has 0 fully saturated rings. The highest BCUT2D eigenvalue weighted by Gasteiger charge is 2.36. The molecule has 0 amide bonds. The Morgan fingerprint density at radius 1 is 0.198 bits per heavy atom. The zero-order valence-corrected chi connectivity index (χ0v) is 61.6. The number of halogens is 3. The first-order valence-electron chi connectivity index (χ1n) is 37.4. The van der Waals surface area contributed by atoms with Gasteiger partial charge in [0.25, 0.3) is 0 Å². The van der Waals surface area contributed by atoms with Crippen molar-refractivity contribution in [3.05, 3.63) is 417 Å². The minimum Gasteiger partial charge on any atom is -0.497 e. The summed E-state index contributed by atoms with van der Waals surface area (Å²) in [5, 5.41) is 0. The highest BCUT2D eigenvalue weighted by Crippen LogP contribution is 2.57. The van der Waals surface area contributed by atoms with Crippen LogP contribution in [0.5, 0.6) is 17.2 Å². The molecular weight excluding hydrogens is 1360 g/mol. The summed E-state index contributed by atoms with van der Waals surface area (Å²) in [6.45, 7) is 4.30. The van der Waals surface area contributed by atoms with Gasteiger partial charge in [0.05, 0.1) is 12.7 Å². The molecule has 532 valence electrons. The normalized spacial score (nSPS) is 11.3. The van der Waals surface area contributed by atoms with E-state index in [4.69, 9.17) is 9.47 Å². The Bertz CT molecular complexity index is 6030. The smallest absolute Gasteiger partial charge is 0.420 e. The van der Waals surface area contributed by atoms with Crippen LogP contribution in [0, 0.1) is 13.8 Å². The van der Waals surface area contributed by atoms with Gasteiger partial charge in [-0.1, -0.05) is 358 Å². The number of aryl methyl sites for hydroxylation is 2. The molecule has 0 unspecified atom stereocenters. The van der Waals surface area contributed by atoms with E-state index in [-0.39, 0.29) is 11.5 Å². The molecule has 0 spiro atoms. The summed E-state index contributed by atoms with van der Waals surface area (Å²) in [7, 11) is 1.68. The maximum atomic E-state index is 15.7. The fourth-order valence-corrected chi connectivity index (χ4v) is 15.7. The van der Waals surface area contributed by atoms with Gasteiger partial charge in [-0.25, -0.2) is 0 Å². The third-order valence-corrected chi connectivity index (χ3v) is 21.3. The van der Waals surface area contributed by atoms with Crippen molar-refractivity contribution in [2.24, 2.45) is 0 Å². The van der Waals surface area contributed by atoms with Crippen molar-refractivity contribution in [2.75, 3.05) is 7.11 Å². The second-order valence-corrected chi connectivity index (χ2v) is 28.1. The molecule has 5 heteroatoms. The van der Waals surface area contributed by atoms with Crippen LogP contribution in [-0.2, 0) is 6.18 Å². The molecule has 17 aromatic carbocycles. The van der Waals surface area contributed by atoms with Gasteiger partial charge in [0, 0.05) is 0 Å². The van der Waals surface area contributed by atoms with Crippen molar-refractivity contribution in [3.8, 4) is 184 Å². The van der Waals surface area contributed by atoms with Crippen LogP contribution >= 0.6 is 0 Å². The Labute approximate surface area is 647 Å². The van der Waals surface area contributed by atoms with Crippen LogP contribution in [0.2, 0.25) is 0 Å². The van der Waals surface area contributed by atoms with E-state index in [1.165, 1.54) is 23.3 Å². The van der Waals surface area contributed by atoms with E-state index in [2.05, 4.69) is 329 Å². The van der Waals surface area contributed by atoms with Gasteiger partial charge in [0.2, 0.25) is 0 Å². The van der Waals surface area contributed by atoms with E-state index in [1.807, 2.05) is 54.6 Å². The fraction of sp³-hybridized carbons (Fsp3) is 0.0377. The van der Waals surface area contributed by atoms with E-state index in [1.54, 1.807) is 25.3 Å². The van der Waals surface area contributed by atoms with Crippen molar-refractivity contribution in [1.29, 1.82) is 0 Å². The molecular formula is C106H75F3O2. The Kier molecular flexibility index (Phi) is 19.4. The van der Waals surface area contributed by atoms with Gasteiger partial charge in [-0.3, -0.25) is 0 Å². The Balaban J connectivity index is 0.723. The van der Waals surface area contributed by atoms with Gasteiger partial charge in [-0.15, -0.1) is 0 Å². The molecule has 17 rings (SSSR count). The second-order valence-electron chi connectivity index (χ2n) is 28.1. The summed E-state index contributed by atoms with van der Waals surface area (Å²) in [5.74, 6) is 0.791. The Morgan fingerprint density at radius 3 is 0.766 bits per heavy atom. The van der Waals surface area contributed by atoms with Gasteiger partial charge < -0.3 is 9.47 Å². The van der Waals surface area contributed by atoms with Crippen LogP contribution in [0.15, 0.2) is 400 Å². The van der Waals surface area contributed by atoms with Crippen LogP contribution in [0.25, 0.3) is 167 Å². The van der Waals surface area contributed by atoms with Crippen LogP contribution < -0.4 is 9.47 Å². The van der Waals surface area contributed by atoms with Gasteiger partial charge in [0.15, 0.2) is 0 Å². The molecule has 0 N–H and O–H groups in total. The molecule has 0 bridgehead atoms. The number of hydrogen-bond donors (Lipinski definition) is 0. The number of hydrogen-bond acceptors (Lipinski definition) is 2. The number of rotatable bonds is 18. The van der Waals surface area contributed by atoms with Crippen molar-refractivity contribution in [2.45, 2.75) is 20.0 Å². The molecule has 0 aliphatic rings. The minimum absolute atomic E-state index is 0.274. The van der Waals surface area contributed by atoms with E-state index in [9.17, 15) is 0 Å². The molecule has 17 aromatic rings. The highest BCUT2D eigenvalue weighted by atomic mass is 19.4. The Hall–Kier alpha value is -13.9. The number of alkyl halides is 3. The summed E-state index contributed by atoms with van der Waals surface area (Å²) < 4.78 is 58.7. The van der Waals surface area contributed by atoms with Crippen LogP contribution in [-0.4, -0.2) is 7.11 Å². The molecule has 0 aromatic heterocycles. The van der Waals surface area contributed by atoms with Gasteiger partial charge in [-0.05, 0) is 234 Å². The van der Waals surface area contributed by atoms with Crippen molar-refractivity contribution < 1.29 is 22.6 Å². The molecule has 0 heterocycles. The molecule has 0 atom stereocenters. The molecule has 0 saturated carbocycles. The monoisotopic (exact) mass is 1440 g/mol. The van der Waals surface area contributed by atoms with E-state index >= 15 is 13.2 Å². The lowest BCUT2D eigenvalue weighted by Gasteiger charge is -2.29. The predicted molar refractivity (Wildman–Crippen MR) is 456 cm³/mol. The zero-order valence-electron chi connectivity index (χ0n) is 61.6. The SMILES string of the molecule is COc1ccc(-c2ccc(-c3cc(-c4ccccc4)c(-c4ccc(-c5ccc(Oc6ccc(-c7ccc(-c8c(-c9ccccc9)c(-c9ccccc9)c(-c9ccc(-c%10ccc(C)c(C)c%10)cc9)c(-c9ccccc9)c8-c8ccccc8)cc7)cc6C(F)(F)F)cc5)cc4)c(-c4ccccc4)c3-c3ccccc3)cc2)cc1. The van der Waals surface area contributed by atoms with Crippen LogP contribution in [0.1, 0.15) is 16.7 Å². The maximum absolute atomic E-state index is 15.7. The maximum Gasteiger partial charge on any atom is 0.420 e. The summed E-state index contributed by atoms with van der Waals surface area (Å²) >= 11 is 0. The van der Waals surface area contributed by atoms with E-state index in [0.29, 0.717) is 11.1 Å². The zero-order chi connectivity index (χ0) is 75.4.